The first-order valence-electron chi connectivity index (χ1n) is 6.61. The van der Waals surface area contributed by atoms with Crippen molar-refractivity contribution >= 4 is 35.0 Å². The second-order valence-corrected chi connectivity index (χ2v) is 6.33. The van der Waals surface area contributed by atoms with Crippen molar-refractivity contribution in [2.45, 2.75) is 31.6 Å². The summed E-state index contributed by atoms with van der Waals surface area (Å²) in [5.74, 6) is -0.0778. The Kier molecular flexibility index (Phi) is 5.63. The Bertz CT molecular complexity index is 583. The maximum Gasteiger partial charge on any atom is 0.313 e. The fraction of sp³-hybridized carbons (Fsp3) is 0.462. The van der Waals surface area contributed by atoms with Crippen molar-refractivity contribution in [3.8, 4) is 0 Å². The predicted octanol–water partition coefficient (Wildman–Crippen LogP) is 2.56. The normalized spacial score (nSPS) is 10.8. The zero-order valence-electron chi connectivity index (χ0n) is 12.0. The highest BCUT2D eigenvalue weighted by atomic mass is 32.2. The van der Waals surface area contributed by atoms with Crippen molar-refractivity contribution in [2.24, 2.45) is 0 Å². The van der Waals surface area contributed by atoms with Crippen LogP contribution in [0, 0.1) is 0 Å². The number of carboxylic acids is 1. The lowest BCUT2D eigenvalue weighted by atomic mass is 10.3. The van der Waals surface area contributed by atoms with Gasteiger partial charge < -0.3 is 10.0 Å². The fourth-order valence-electron chi connectivity index (χ4n) is 1.94. The first-order valence-corrected chi connectivity index (χ1v) is 8.54. The summed E-state index contributed by atoms with van der Waals surface area (Å²) in [6.45, 7) is 3.61. The summed E-state index contributed by atoms with van der Waals surface area (Å²) in [6, 6.07) is 2.09. The monoisotopic (exact) mass is 326 g/mol. The summed E-state index contributed by atoms with van der Waals surface area (Å²) in [4.78, 5) is 12.7. The van der Waals surface area contributed by atoms with E-state index in [2.05, 4.69) is 28.6 Å². The summed E-state index contributed by atoms with van der Waals surface area (Å²) >= 11 is 2.88. The van der Waals surface area contributed by atoms with Crippen molar-refractivity contribution in [2.75, 3.05) is 17.7 Å². The minimum atomic E-state index is -0.848. The smallest absolute Gasteiger partial charge is 0.313 e. The van der Waals surface area contributed by atoms with Gasteiger partial charge in [-0.2, -0.15) is 11.3 Å². The number of aliphatic carboxylic acids is 1. The van der Waals surface area contributed by atoms with Gasteiger partial charge in [-0.05, 0) is 28.8 Å². The Morgan fingerprint density at radius 2 is 2.33 bits per heavy atom. The molecule has 6 nitrogen and oxygen atoms in total. The van der Waals surface area contributed by atoms with Crippen LogP contribution >= 0.6 is 23.1 Å². The van der Waals surface area contributed by atoms with E-state index in [-0.39, 0.29) is 5.75 Å². The average molecular weight is 326 g/mol. The van der Waals surface area contributed by atoms with Gasteiger partial charge in [-0.25, -0.2) is 0 Å². The van der Waals surface area contributed by atoms with Crippen LogP contribution in [-0.4, -0.2) is 38.6 Å². The van der Waals surface area contributed by atoms with E-state index in [0.717, 1.165) is 25.5 Å². The van der Waals surface area contributed by atoms with Gasteiger partial charge in [0.2, 0.25) is 5.95 Å². The van der Waals surface area contributed by atoms with Crippen molar-refractivity contribution in [3.05, 3.63) is 22.4 Å². The van der Waals surface area contributed by atoms with Gasteiger partial charge in [0, 0.05) is 20.1 Å². The van der Waals surface area contributed by atoms with E-state index in [1.807, 2.05) is 21.9 Å². The summed E-state index contributed by atoms with van der Waals surface area (Å²) in [5.41, 5.74) is 1.23. The third-order valence-corrected chi connectivity index (χ3v) is 4.49. The number of hydrogen-bond donors (Lipinski definition) is 1. The van der Waals surface area contributed by atoms with Gasteiger partial charge >= 0.3 is 5.97 Å². The van der Waals surface area contributed by atoms with Crippen LogP contribution in [0.15, 0.2) is 22.0 Å². The molecule has 0 fully saturated rings. The number of thiophene rings is 1. The molecular weight excluding hydrogens is 308 g/mol. The molecule has 0 saturated heterocycles. The summed E-state index contributed by atoms with van der Waals surface area (Å²) in [7, 11) is 1.97. The molecule has 1 N–H and O–H groups in total. The lowest BCUT2D eigenvalue weighted by Crippen LogP contribution is -2.21. The van der Waals surface area contributed by atoms with Crippen LogP contribution in [0.2, 0.25) is 0 Å². The Morgan fingerprint density at radius 1 is 1.52 bits per heavy atom. The highest BCUT2D eigenvalue weighted by molar-refractivity contribution is 7.99. The molecule has 0 radical (unpaired) electrons. The standard InChI is InChI=1S/C13H18N4O2S2/c1-3-5-17-12(14-15-13(17)21-9-11(18)19)16(2)7-10-4-6-20-8-10/h4,6,8H,3,5,7,9H2,1-2H3,(H,18,19). The number of nitrogens with zero attached hydrogens (tertiary/aromatic N) is 4. The van der Waals surface area contributed by atoms with Crippen LogP contribution < -0.4 is 4.90 Å². The highest BCUT2D eigenvalue weighted by Gasteiger charge is 2.16. The third-order valence-electron chi connectivity index (χ3n) is 2.81. The van der Waals surface area contributed by atoms with Crippen LogP contribution in [0.25, 0.3) is 0 Å². The molecule has 0 bridgehead atoms. The molecule has 2 aromatic heterocycles. The molecule has 0 aliphatic carbocycles. The van der Waals surface area contributed by atoms with E-state index in [4.69, 9.17) is 5.11 Å². The molecule has 0 unspecified atom stereocenters. The van der Waals surface area contributed by atoms with Gasteiger partial charge in [0.05, 0.1) is 5.75 Å². The molecule has 114 valence electrons. The summed E-state index contributed by atoms with van der Waals surface area (Å²) < 4.78 is 1.99. The lowest BCUT2D eigenvalue weighted by molar-refractivity contribution is -0.133. The van der Waals surface area contributed by atoms with Crippen LogP contribution in [0.5, 0.6) is 0 Å². The number of hydrogen-bond acceptors (Lipinski definition) is 6. The van der Waals surface area contributed by atoms with Gasteiger partial charge in [0.25, 0.3) is 0 Å². The Balaban J connectivity index is 2.15. The molecule has 0 aliphatic rings. The van der Waals surface area contributed by atoms with Crippen LogP contribution in [0.3, 0.4) is 0 Å². The Morgan fingerprint density at radius 3 is 2.95 bits per heavy atom. The minimum absolute atomic E-state index is 0.00388. The van der Waals surface area contributed by atoms with Crippen molar-refractivity contribution in [3.63, 3.8) is 0 Å². The zero-order valence-corrected chi connectivity index (χ0v) is 13.7. The number of thioether (sulfide) groups is 1. The zero-order chi connectivity index (χ0) is 15.2. The van der Waals surface area contributed by atoms with Gasteiger partial charge in [-0.15, -0.1) is 10.2 Å². The maximum absolute atomic E-state index is 10.7. The van der Waals surface area contributed by atoms with Crippen LogP contribution in [0.4, 0.5) is 5.95 Å². The van der Waals surface area contributed by atoms with Gasteiger partial charge in [0.1, 0.15) is 0 Å². The van der Waals surface area contributed by atoms with Gasteiger partial charge in [0.15, 0.2) is 5.16 Å². The molecule has 2 heterocycles. The Hall–Kier alpha value is -1.54. The van der Waals surface area contributed by atoms with Crippen molar-refractivity contribution in [1.82, 2.24) is 14.8 Å². The van der Waals surface area contributed by atoms with E-state index < -0.39 is 5.97 Å². The SMILES string of the molecule is CCCn1c(SCC(=O)O)nnc1N(C)Cc1ccsc1. The molecule has 0 amide bonds. The van der Waals surface area contributed by atoms with Crippen molar-refractivity contribution in [1.29, 1.82) is 0 Å². The Labute approximate surface area is 131 Å². The molecule has 0 aliphatic heterocycles. The molecule has 2 rings (SSSR count). The first-order chi connectivity index (χ1) is 10.1. The van der Waals surface area contributed by atoms with Gasteiger partial charge in [-0.1, -0.05) is 18.7 Å². The van der Waals surface area contributed by atoms with E-state index in [9.17, 15) is 4.79 Å². The summed E-state index contributed by atoms with van der Waals surface area (Å²) in [5, 5.41) is 22.0. The van der Waals surface area contributed by atoms with Gasteiger partial charge in [-0.3, -0.25) is 9.36 Å². The minimum Gasteiger partial charge on any atom is -0.481 e. The molecule has 0 saturated carbocycles. The topological polar surface area (TPSA) is 71.2 Å². The fourth-order valence-corrected chi connectivity index (χ4v) is 3.28. The molecular formula is C13H18N4O2S2. The van der Waals surface area contributed by atoms with E-state index in [0.29, 0.717) is 5.16 Å². The first kappa shape index (κ1) is 15.8. The van der Waals surface area contributed by atoms with E-state index >= 15 is 0 Å². The van der Waals surface area contributed by atoms with Crippen molar-refractivity contribution < 1.29 is 9.90 Å². The summed E-state index contributed by atoms with van der Waals surface area (Å²) in [6.07, 6.45) is 0.942. The number of carbonyl (C=O) groups is 1. The second-order valence-electron chi connectivity index (χ2n) is 4.60. The highest BCUT2D eigenvalue weighted by Crippen LogP contribution is 2.23. The van der Waals surface area contributed by atoms with Crippen LogP contribution in [-0.2, 0) is 17.9 Å². The molecule has 0 atom stereocenters. The molecule has 8 heteroatoms. The van der Waals surface area contributed by atoms with Crippen LogP contribution in [0.1, 0.15) is 18.9 Å². The molecule has 0 aromatic carbocycles. The number of aromatic nitrogens is 3. The average Bonchev–Trinajstić information content (AvgIpc) is 3.06. The predicted molar refractivity (Wildman–Crippen MR) is 85.1 cm³/mol. The number of rotatable bonds is 8. The third kappa shape index (κ3) is 4.21. The van der Waals surface area contributed by atoms with E-state index in [1.54, 1.807) is 11.3 Å². The largest absolute Gasteiger partial charge is 0.481 e. The maximum atomic E-state index is 10.7. The van der Waals surface area contributed by atoms with E-state index in [1.165, 1.54) is 17.3 Å². The molecule has 2 aromatic rings. The lowest BCUT2D eigenvalue weighted by Gasteiger charge is -2.18. The molecule has 21 heavy (non-hydrogen) atoms. The number of anilines is 1. The number of carboxylic acid groups (broad SMARTS) is 1. The second kappa shape index (κ2) is 7.46. The quantitative estimate of drug-likeness (QED) is 0.752. The molecule has 0 spiro atoms.